The Morgan fingerprint density at radius 3 is 2.50 bits per heavy atom. The van der Waals surface area contributed by atoms with Gasteiger partial charge in [0.05, 0.1) is 6.54 Å². The van der Waals surface area contributed by atoms with Gasteiger partial charge in [0.25, 0.3) is 0 Å². The van der Waals surface area contributed by atoms with Gasteiger partial charge in [-0.2, -0.15) is 0 Å². The molecule has 0 unspecified atom stereocenters. The third-order valence-corrected chi connectivity index (χ3v) is 3.20. The normalized spacial score (nSPS) is 14.8. The minimum Gasteiger partial charge on any atom is -0.352 e. The molecule has 2 N–H and O–H groups in total. The van der Waals surface area contributed by atoms with Crippen molar-refractivity contribution >= 4 is 5.91 Å². The molecular formula is C15H22N2O. The van der Waals surface area contributed by atoms with Crippen molar-refractivity contribution in [2.45, 2.75) is 45.2 Å². The van der Waals surface area contributed by atoms with Gasteiger partial charge >= 0.3 is 0 Å². The fourth-order valence-corrected chi connectivity index (χ4v) is 1.85. The third kappa shape index (κ3) is 4.15. The Bertz CT molecular complexity index is 393. The standard InChI is InChI=1S/C15H22N2O/c1-11(2)13-5-3-12(4-6-13)9-16-10-15(18)17-14-7-8-14/h3-6,11,14,16H,7-10H2,1-2H3,(H,17,18). The number of carbonyl (C=O) groups excluding carboxylic acids is 1. The average Bonchev–Trinajstić information content (AvgIpc) is 3.13. The van der Waals surface area contributed by atoms with Crippen LogP contribution in [0.2, 0.25) is 0 Å². The van der Waals surface area contributed by atoms with Gasteiger partial charge in [-0.15, -0.1) is 0 Å². The zero-order valence-corrected chi connectivity index (χ0v) is 11.2. The first-order valence-corrected chi connectivity index (χ1v) is 6.74. The molecule has 0 aromatic heterocycles. The summed E-state index contributed by atoms with van der Waals surface area (Å²) < 4.78 is 0. The lowest BCUT2D eigenvalue weighted by atomic mass is 10.0. The van der Waals surface area contributed by atoms with Crippen LogP contribution in [-0.4, -0.2) is 18.5 Å². The minimum absolute atomic E-state index is 0.108. The first-order valence-electron chi connectivity index (χ1n) is 6.74. The Balaban J connectivity index is 1.70. The fraction of sp³-hybridized carbons (Fsp3) is 0.533. The number of hydrogen-bond donors (Lipinski definition) is 2. The van der Waals surface area contributed by atoms with Crippen molar-refractivity contribution in [3.05, 3.63) is 35.4 Å². The van der Waals surface area contributed by atoms with E-state index in [0.29, 0.717) is 18.5 Å². The molecule has 0 radical (unpaired) electrons. The summed E-state index contributed by atoms with van der Waals surface area (Å²) in [6.07, 6.45) is 2.28. The molecule has 1 saturated carbocycles. The predicted molar refractivity (Wildman–Crippen MR) is 73.4 cm³/mol. The van der Waals surface area contributed by atoms with Gasteiger partial charge in [-0.25, -0.2) is 0 Å². The molecule has 98 valence electrons. The Morgan fingerprint density at radius 1 is 1.28 bits per heavy atom. The summed E-state index contributed by atoms with van der Waals surface area (Å²) in [5.74, 6) is 0.674. The third-order valence-electron chi connectivity index (χ3n) is 3.20. The van der Waals surface area contributed by atoms with Crippen LogP contribution in [0, 0.1) is 0 Å². The van der Waals surface area contributed by atoms with Gasteiger partial charge < -0.3 is 10.6 Å². The van der Waals surface area contributed by atoms with E-state index in [9.17, 15) is 4.79 Å². The molecule has 0 heterocycles. The van der Waals surface area contributed by atoms with Gasteiger partial charge in [0.1, 0.15) is 0 Å². The first kappa shape index (κ1) is 13.1. The maximum absolute atomic E-state index is 11.5. The van der Waals surface area contributed by atoms with Crippen LogP contribution in [0.25, 0.3) is 0 Å². The number of nitrogens with one attached hydrogen (secondary N) is 2. The molecule has 1 aliphatic carbocycles. The highest BCUT2D eigenvalue weighted by molar-refractivity contribution is 5.78. The number of amides is 1. The second kappa shape index (κ2) is 6.01. The highest BCUT2D eigenvalue weighted by atomic mass is 16.2. The van der Waals surface area contributed by atoms with Crippen LogP contribution < -0.4 is 10.6 Å². The molecule has 0 atom stereocenters. The lowest BCUT2D eigenvalue weighted by molar-refractivity contribution is -0.120. The molecule has 0 aliphatic heterocycles. The van der Waals surface area contributed by atoms with Gasteiger partial charge in [-0.3, -0.25) is 4.79 Å². The number of carbonyl (C=O) groups is 1. The molecule has 1 aromatic rings. The second-order valence-electron chi connectivity index (χ2n) is 5.34. The summed E-state index contributed by atoms with van der Waals surface area (Å²) in [6, 6.07) is 9.02. The van der Waals surface area contributed by atoms with E-state index in [1.165, 1.54) is 11.1 Å². The monoisotopic (exact) mass is 246 g/mol. The molecule has 18 heavy (non-hydrogen) atoms. The van der Waals surface area contributed by atoms with E-state index in [1.807, 2.05) is 0 Å². The molecule has 3 heteroatoms. The second-order valence-corrected chi connectivity index (χ2v) is 5.34. The quantitative estimate of drug-likeness (QED) is 0.807. The predicted octanol–water partition coefficient (Wildman–Crippen LogP) is 2.18. The molecule has 0 spiro atoms. The first-order chi connectivity index (χ1) is 8.65. The zero-order valence-electron chi connectivity index (χ0n) is 11.2. The largest absolute Gasteiger partial charge is 0.352 e. The van der Waals surface area contributed by atoms with Crippen molar-refractivity contribution in [3.8, 4) is 0 Å². The summed E-state index contributed by atoms with van der Waals surface area (Å²) >= 11 is 0. The van der Waals surface area contributed by atoms with Crippen molar-refractivity contribution < 1.29 is 4.79 Å². The van der Waals surface area contributed by atoms with E-state index in [2.05, 4.69) is 48.7 Å². The molecule has 0 bridgehead atoms. The van der Waals surface area contributed by atoms with Crippen LogP contribution in [0.4, 0.5) is 0 Å². The van der Waals surface area contributed by atoms with Gasteiger partial charge in [0.15, 0.2) is 0 Å². The lowest BCUT2D eigenvalue weighted by Crippen LogP contribution is -2.34. The van der Waals surface area contributed by atoms with Crippen molar-refractivity contribution in [1.29, 1.82) is 0 Å². The van der Waals surface area contributed by atoms with Gasteiger partial charge in [0.2, 0.25) is 5.91 Å². The Labute approximate surface area is 109 Å². The molecule has 2 rings (SSSR count). The van der Waals surface area contributed by atoms with Gasteiger partial charge in [-0.05, 0) is 29.9 Å². The Kier molecular flexibility index (Phi) is 4.37. The highest BCUT2D eigenvalue weighted by Crippen LogP contribution is 2.18. The van der Waals surface area contributed by atoms with Gasteiger partial charge in [0, 0.05) is 12.6 Å². The van der Waals surface area contributed by atoms with E-state index in [1.54, 1.807) is 0 Å². The minimum atomic E-state index is 0.108. The molecule has 3 nitrogen and oxygen atoms in total. The Morgan fingerprint density at radius 2 is 1.94 bits per heavy atom. The van der Waals surface area contributed by atoms with Crippen LogP contribution in [0.15, 0.2) is 24.3 Å². The summed E-state index contributed by atoms with van der Waals surface area (Å²) in [7, 11) is 0. The van der Waals surface area contributed by atoms with E-state index in [0.717, 1.165) is 19.4 Å². The lowest BCUT2D eigenvalue weighted by Gasteiger charge is -2.08. The molecule has 1 aliphatic rings. The summed E-state index contributed by atoms with van der Waals surface area (Å²) in [6.45, 7) is 5.53. The van der Waals surface area contributed by atoms with Crippen LogP contribution >= 0.6 is 0 Å². The van der Waals surface area contributed by atoms with Crippen LogP contribution in [0.5, 0.6) is 0 Å². The zero-order chi connectivity index (χ0) is 13.0. The number of hydrogen-bond acceptors (Lipinski definition) is 2. The maximum atomic E-state index is 11.5. The average molecular weight is 246 g/mol. The molecule has 1 fully saturated rings. The van der Waals surface area contributed by atoms with Crippen LogP contribution in [-0.2, 0) is 11.3 Å². The van der Waals surface area contributed by atoms with Crippen molar-refractivity contribution in [2.24, 2.45) is 0 Å². The van der Waals surface area contributed by atoms with Gasteiger partial charge in [-0.1, -0.05) is 38.1 Å². The molecule has 1 aromatic carbocycles. The van der Waals surface area contributed by atoms with Crippen LogP contribution in [0.1, 0.15) is 43.7 Å². The number of benzene rings is 1. The highest BCUT2D eigenvalue weighted by Gasteiger charge is 2.22. The SMILES string of the molecule is CC(C)c1ccc(CNCC(=O)NC2CC2)cc1. The number of rotatable bonds is 6. The van der Waals surface area contributed by atoms with Crippen molar-refractivity contribution in [2.75, 3.05) is 6.54 Å². The summed E-state index contributed by atoms with van der Waals surface area (Å²) in [4.78, 5) is 11.5. The maximum Gasteiger partial charge on any atom is 0.234 e. The smallest absolute Gasteiger partial charge is 0.234 e. The fourth-order valence-electron chi connectivity index (χ4n) is 1.85. The van der Waals surface area contributed by atoms with E-state index >= 15 is 0 Å². The topological polar surface area (TPSA) is 41.1 Å². The molecule has 1 amide bonds. The summed E-state index contributed by atoms with van der Waals surface area (Å²) in [5, 5.41) is 6.13. The van der Waals surface area contributed by atoms with Crippen molar-refractivity contribution in [1.82, 2.24) is 10.6 Å². The van der Waals surface area contributed by atoms with Crippen LogP contribution in [0.3, 0.4) is 0 Å². The summed E-state index contributed by atoms with van der Waals surface area (Å²) in [5.41, 5.74) is 2.57. The Hall–Kier alpha value is -1.35. The van der Waals surface area contributed by atoms with Crippen molar-refractivity contribution in [3.63, 3.8) is 0 Å². The van der Waals surface area contributed by atoms with E-state index < -0.39 is 0 Å². The van der Waals surface area contributed by atoms with E-state index in [4.69, 9.17) is 0 Å². The molecule has 0 saturated heterocycles. The molecular weight excluding hydrogens is 224 g/mol. The van der Waals surface area contributed by atoms with E-state index in [-0.39, 0.29) is 5.91 Å².